The Morgan fingerprint density at radius 1 is 1.03 bits per heavy atom. The van der Waals surface area contributed by atoms with Crippen molar-refractivity contribution in [3.63, 3.8) is 0 Å². The van der Waals surface area contributed by atoms with E-state index in [0.717, 1.165) is 10.9 Å². The van der Waals surface area contributed by atoms with Crippen LogP contribution in [0.5, 0.6) is 5.75 Å². The quantitative estimate of drug-likeness (QED) is 0.666. The number of pyridine rings is 1. The Kier molecular flexibility index (Phi) is 5.59. The van der Waals surface area contributed by atoms with E-state index in [1.54, 1.807) is 26.8 Å². The van der Waals surface area contributed by atoms with Crippen molar-refractivity contribution in [1.29, 1.82) is 0 Å². The van der Waals surface area contributed by atoms with Gasteiger partial charge in [0.2, 0.25) is 10.0 Å². The number of carbonyl (C=O) groups excluding carboxylic acids is 1. The first-order valence-electron chi connectivity index (χ1n) is 8.98. The minimum atomic E-state index is -3.89. The zero-order chi connectivity index (χ0) is 21.2. The monoisotopic (exact) mass is 413 g/mol. The molecule has 0 aliphatic rings. The average Bonchev–Trinajstić information content (AvgIpc) is 2.65. The third-order valence-corrected chi connectivity index (χ3v) is 5.78. The van der Waals surface area contributed by atoms with Crippen molar-refractivity contribution in [2.75, 3.05) is 12.4 Å². The molecule has 2 N–H and O–H groups in total. The number of hydrogen-bond donors (Lipinski definition) is 2. The second kappa shape index (κ2) is 7.81. The molecule has 3 aromatic rings. The first kappa shape index (κ1) is 20.8. The van der Waals surface area contributed by atoms with Gasteiger partial charge in [-0.3, -0.25) is 4.79 Å². The summed E-state index contributed by atoms with van der Waals surface area (Å²) in [5.74, 6) is 0.0616. The standard InChI is InChI=1S/C21H23N3O4S/c1-21(2,3)24-29(26,27)18-13-15(9-11-17(18)28-4)20(25)23-19-12-10-14-7-5-6-8-16(14)22-19/h5-13,24H,1-4H3,(H,22,23,25). The third-order valence-electron chi connectivity index (χ3n) is 4.00. The Morgan fingerprint density at radius 3 is 2.45 bits per heavy atom. The van der Waals surface area contributed by atoms with Crippen LogP contribution in [0, 0.1) is 0 Å². The van der Waals surface area contributed by atoms with E-state index in [-0.39, 0.29) is 16.2 Å². The number of nitrogens with one attached hydrogen (secondary N) is 2. The van der Waals surface area contributed by atoms with Gasteiger partial charge in [0.1, 0.15) is 16.5 Å². The van der Waals surface area contributed by atoms with E-state index in [4.69, 9.17) is 4.74 Å². The van der Waals surface area contributed by atoms with Crippen LogP contribution in [-0.4, -0.2) is 32.0 Å². The highest BCUT2D eigenvalue weighted by Crippen LogP contribution is 2.26. The Morgan fingerprint density at radius 2 is 1.76 bits per heavy atom. The fraction of sp³-hybridized carbons (Fsp3) is 0.238. The topological polar surface area (TPSA) is 97.4 Å². The molecule has 0 aliphatic carbocycles. The van der Waals surface area contributed by atoms with Gasteiger partial charge in [0.05, 0.1) is 12.6 Å². The summed E-state index contributed by atoms with van der Waals surface area (Å²) in [4.78, 5) is 17.0. The molecule has 0 saturated carbocycles. The highest BCUT2D eigenvalue weighted by Gasteiger charge is 2.26. The van der Waals surface area contributed by atoms with Gasteiger partial charge in [0.15, 0.2) is 0 Å². The molecular formula is C21H23N3O4S. The van der Waals surface area contributed by atoms with Crippen molar-refractivity contribution in [2.45, 2.75) is 31.2 Å². The molecule has 8 heteroatoms. The second-order valence-electron chi connectivity index (χ2n) is 7.56. The lowest BCUT2D eigenvalue weighted by Crippen LogP contribution is -2.40. The molecule has 0 fully saturated rings. The predicted molar refractivity (Wildman–Crippen MR) is 113 cm³/mol. The van der Waals surface area contributed by atoms with Crippen molar-refractivity contribution in [1.82, 2.24) is 9.71 Å². The summed E-state index contributed by atoms with van der Waals surface area (Å²) >= 11 is 0. The van der Waals surface area contributed by atoms with Crippen LogP contribution in [0.15, 0.2) is 59.5 Å². The van der Waals surface area contributed by atoms with Crippen LogP contribution in [0.25, 0.3) is 10.9 Å². The first-order chi connectivity index (χ1) is 13.6. The molecule has 1 heterocycles. The van der Waals surface area contributed by atoms with Crippen molar-refractivity contribution >= 4 is 32.7 Å². The number of ether oxygens (including phenoxy) is 1. The number of fused-ring (bicyclic) bond motifs is 1. The summed E-state index contributed by atoms with van der Waals surface area (Å²) in [5, 5.41) is 3.66. The van der Waals surface area contributed by atoms with Crippen molar-refractivity contribution in [3.05, 3.63) is 60.2 Å². The lowest BCUT2D eigenvalue weighted by molar-refractivity contribution is 0.102. The molecule has 1 amide bonds. The van der Waals surface area contributed by atoms with E-state index >= 15 is 0 Å². The number of hydrogen-bond acceptors (Lipinski definition) is 5. The van der Waals surface area contributed by atoms with Gasteiger partial charge in [-0.15, -0.1) is 0 Å². The molecule has 2 aromatic carbocycles. The summed E-state index contributed by atoms with van der Waals surface area (Å²) in [6.07, 6.45) is 0. The Bertz CT molecular complexity index is 1170. The van der Waals surface area contributed by atoms with Gasteiger partial charge in [-0.25, -0.2) is 18.1 Å². The number of para-hydroxylation sites is 1. The Labute approximate surface area is 170 Å². The lowest BCUT2D eigenvalue weighted by atomic mass is 10.1. The van der Waals surface area contributed by atoms with Crippen molar-refractivity contribution in [2.24, 2.45) is 0 Å². The van der Waals surface area contributed by atoms with Crippen LogP contribution in [0.2, 0.25) is 0 Å². The first-order valence-corrected chi connectivity index (χ1v) is 10.5. The molecule has 3 rings (SSSR count). The van der Waals surface area contributed by atoms with Gasteiger partial charge >= 0.3 is 0 Å². The molecule has 1 aromatic heterocycles. The van der Waals surface area contributed by atoms with Gasteiger partial charge in [-0.1, -0.05) is 18.2 Å². The van der Waals surface area contributed by atoms with Gasteiger partial charge in [-0.2, -0.15) is 0 Å². The molecule has 0 radical (unpaired) electrons. The zero-order valence-corrected chi connectivity index (χ0v) is 17.5. The summed E-state index contributed by atoms with van der Waals surface area (Å²) < 4.78 is 33.3. The van der Waals surface area contributed by atoms with Crippen LogP contribution in [0.4, 0.5) is 5.82 Å². The third kappa shape index (κ3) is 4.90. The number of carbonyl (C=O) groups is 1. The molecule has 152 valence electrons. The average molecular weight is 413 g/mol. The van der Waals surface area contributed by atoms with Crippen LogP contribution >= 0.6 is 0 Å². The normalized spacial score (nSPS) is 12.0. The van der Waals surface area contributed by atoms with E-state index in [9.17, 15) is 13.2 Å². The number of benzene rings is 2. The van der Waals surface area contributed by atoms with Gasteiger partial charge in [0.25, 0.3) is 5.91 Å². The molecule has 0 aliphatic heterocycles. The van der Waals surface area contributed by atoms with Crippen LogP contribution in [0.3, 0.4) is 0 Å². The molecular weight excluding hydrogens is 390 g/mol. The zero-order valence-electron chi connectivity index (χ0n) is 16.7. The maximum Gasteiger partial charge on any atom is 0.256 e. The number of nitrogens with zero attached hydrogens (tertiary/aromatic N) is 1. The van der Waals surface area contributed by atoms with Crippen LogP contribution in [-0.2, 0) is 10.0 Å². The summed E-state index contributed by atoms with van der Waals surface area (Å²) in [6.45, 7) is 5.21. The second-order valence-corrected chi connectivity index (χ2v) is 9.22. The number of aromatic nitrogens is 1. The van der Waals surface area contributed by atoms with E-state index < -0.39 is 21.5 Å². The Hall–Kier alpha value is -2.97. The van der Waals surface area contributed by atoms with Crippen LogP contribution < -0.4 is 14.8 Å². The minimum Gasteiger partial charge on any atom is -0.495 e. The molecule has 7 nitrogen and oxygen atoms in total. The number of amides is 1. The fourth-order valence-electron chi connectivity index (χ4n) is 2.81. The molecule has 0 atom stereocenters. The predicted octanol–water partition coefficient (Wildman–Crippen LogP) is 3.57. The maximum atomic E-state index is 12.8. The van der Waals surface area contributed by atoms with Crippen molar-refractivity contribution in [3.8, 4) is 5.75 Å². The number of rotatable bonds is 5. The molecule has 0 spiro atoms. The Balaban J connectivity index is 1.92. The number of methoxy groups -OCH3 is 1. The molecule has 0 saturated heterocycles. The van der Waals surface area contributed by atoms with E-state index in [1.165, 1.54) is 25.3 Å². The SMILES string of the molecule is COc1ccc(C(=O)Nc2ccc3ccccc3n2)cc1S(=O)(=O)NC(C)(C)C. The lowest BCUT2D eigenvalue weighted by Gasteiger charge is -2.21. The highest BCUT2D eigenvalue weighted by atomic mass is 32.2. The highest BCUT2D eigenvalue weighted by molar-refractivity contribution is 7.89. The van der Waals surface area contributed by atoms with E-state index in [0.29, 0.717) is 5.82 Å². The molecule has 0 unspecified atom stereocenters. The van der Waals surface area contributed by atoms with Crippen LogP contribution in [0.1, 0.15) is 31.1 Å². The summed E-state index contributed by atoms with van der Waals surface area (Å²) in [6, 6.07) is 15.4. The number of sulfonamides is 1. The largest absolute Gasteiger partial charge is 0.495 e. The van der Waals surface area contributed by atoms with Gasteiger partial charge in [0, 0.05) is 16.5 Å². The van der Waals surface area contributed by atoms with E-state index in [2.05, 4.69) is 15.0 Å². The molecule has 0 bridgehead atoms. The fourth-order valence-corrected chi connectivity index (χ4v) is 4.42. The summed E-state index contributed by atoms with van der Waals surface area (Å²) in [5.41, 5.74) is 0.240. The van der Waals surface area contributed by atoms with Gasteiger partial charge < -0.3 is 10.1 Å². The minimum absolute atomic E-state index is 0.103. The van der Waals surface area contributed by atoms with E-state index in [1.807, 2.05) is 30.3 Å². The number of anilines is 1. The summed E-state index contributed by atoms with van der Waals surface area (Å²) in [7, 11) is -2.51. The smallest absolute Gasteiger partial charge is 0.256 e. The van der Waals surface area contributed by atoms with Gasteiger partial charge in [-0.05, 0) is 57.2 Å². The molecule has 29 heavy (non-hydrogen) atoms. The maximum absolute atomic E-state index is 12.8. The van der Waals surface area contributed by atoms with Crippen molar-refractivity contribution < 1.29 is 17.9 Å².